The third-order valence-corrected chi connectivity index (χ3v) is 4.53. The van der Waals surface area contributed by atoms with E-state index in [-0.39, 0.29) is 17.9 Å². The van der Waals surface area contributed by atoms with Crippen LogP contribution in [0.15, 0.2) is 59.6 Å². The van der Waals surface area contributed by atoms with Gasteiger partial charge in [0, 0.05) is 11.3 Å². The number of nitrogens with zero attached hydrogens (tertiary/aromatic N) is 1. The largest absolute Gasteiger partial charge is 0.358 e. The molecule has 0 saturated carbocycles. The SMILES string of the molecule is CC(NC1=NC(c2ccccc2)CS1)c1ccccc1F. The molecule has 0 aromatic heterocycles. The van der Waals surface area contributed by atoms with E-state index in [1.54, 1.807) is 17.8 Å². The summed E-state index contributed by atoms with van der Waals surface area (Å²) >= 11 is 1.69. The fourth-order valence-electron chi connectivity index (χ4n) is 2.39. The maximum absolute atomic E-state index is 13.8. The zero-order valence-electron chi connectivity index (χ0n) is 11.8. The summed E-state index contributed by atoms with van der Waals surface area (Å²) in [6.45, 7) is 1.96. The first-order valence-electron chi connectivity index (χ1n) is 7.00. The van der Waals surface area contributed by atoms with Gasteiger partial charge < -0.3 is 5.32 Å². The monoisotopic (exact) mass is 300 g/mol. The van der Waals surface area contributed by atoms with Gasteiger partial charge in [-0.3, -0.25) is 4.99 Å². The van der Waals surface area contributed by atoms with Crippen LogP contribution in [-0.4, -0.2) is 10.9 Å². The topological polar surface area (TPSA) is 24.4 Å². The van der Waals surface area contributed by atoms with Gasteiger partial charge in [-0.25, -0.2) is 4.39 Å². The second-order valence-electron chi connectivity index (χ2n) is 5.06. The fourth-order valence-corrected chi connectivity index (χ4v) is 3.43. The third-order valence-electron chi connectivity index (χ3n) is 3.55. The molecule has 2 aromatic carbocycles. The molecule has 0 spiro atoms. The Morgan fingerprint density at radius 2 is 1.86 bits per heavy atom. The molecule has 2 aromatic rings. The molecule has 2 unspecified atom stereocenters. The summed E-state index contributed by atoms with van der Waals surface area (Å²) in [5.74, 6) is 0.747. The fraction of sp³-hybridized carbons (Fsp3) is 0.235. The minimum atomic E-state index is -0.180. The van der Waals surface area contributed by atoms with Crippen LogP contribution in [0.3, 0.4) is 0 Å². The average molecular weight is 300 g/mol. The van der Waals surface area contributed by atoms with Gasteiger partial charge in [0.1, 0.15) is 5.82 Å². The Morgan fingerprint density at radius 3 is 2.62 bits per heavy atom. The number of halogens is 1. The van der Waals surface area contributed by atoms with Crippen LogP contribution in [-0.2, 0) is 0 Å². The zero-order valence-corrected chi connectivity index (χ0v) is 12.6. The molecular weight excluding hydrogens is 283 g/mol. The van der Waals surface area contributed by atoms with E-state index in [0.29, 0.717) is 5.56 Å². The van der Waals surface area contributed by atoms with Crippen molar-refractivity contribution in [1.82, 2.24) is 5.32 Å². The smallest absolute Gasteiger partial charge is 0.157 e. The summed E-state index contributed by atoms with van der Waals surface area (Å²) in [6.07, 6.45) is 0. The number of benzene rings is 2. The maximum Gasteiger partial charge on any atom is 0.157 e. The van der Waals surface area contributed by atoms with Gasteiger partial charge in [0.15, 0.2) is 5.17 Å². The van der Waals surface area contributed by atoms with Gasteiger partial charge in [-0.15, -0.1) is 0 Å². The molecule has 21 heavy (non-hydrogen) atoms. The lowest BCUT2D eigenvalue weighted by atomic mass is 10.1. The molecule has 0 fully saturated rings. The van der Waals surface area contributed by atoms with Gasteiger partial charge >= 0.3 is 0 Å². The Hall–Kier alpha value is -1.81. The number of rotatable bonds is 3. The van der Waals surface area contributed by atoms with Crippen molar-refractivity contribution in [2.24, 2.45) is 4.99 Å². The normalized spacial score (nSPS) is 19.1. The molecule has 0 radical (unpaired) electrons. The van der Waals surface area contributed by atoms with Crippen molar-refractivity contribution in [2.75, 3.05) is 5.75 Å². The van der Waals surface area contributed by atoms with Gasteiger partial charge in [-0.05, 0) is 18.6 Å². The molecule has 1 aliphatic heterocycles. The second-order valence-corrected chi connectivity index (χ2v) is 6.07. The van der Waals surface area contributed by atoms with Crippen LogP contribution in [0.1, 0.15) is 30.1 Å². The van der Waals surface area contributed by atoms with Gasteiger partial charge in [0.2, 0.25) is 0 Å². The van der Waals surface area contributed by atoms with Gasteiger partial charge in [0.25, 0.3) is 0 Å². The number of thioether (sulfide) groups is 1. The summed E-state index contributed by atoms with van der Waals surface area (Å²) in [7, 11) is 0. The van der Waals surface area contributed by atoms with E-state index in [1.165, 1.54) is 11.6 Å². The molecule has 0 bridgehead atoms. The molecule has 1 N–H and O–H groups in total. The van der Waals surface area contributed by atoms with E-state index in [2.05, 4.69) is 17.4 Å². The van der Waals surface area contributed by atoms with E-state index in [1.807, 2.05) is 37.3 Å². The van der Waals surface area contributed by atoms with Crippen LogP contribution in [0, 0.1) is 5.82 Å². The van der Waals surface area contributed by atoms with Gasteiger partial charge in [0.05, 0.1) is 12.1 Å². The molecular formula is C17H17FN2S. The lowest BCUT2D eigenvalue weighted by Gasteiger charge is -2.15. The molecule has 0 amide bonds. The van der Waals surface area contributed by atoms with Crippen molar-refractivity contribution in [3.63, 3.8) is 0 Å². The van der Waals surface area contributed by atoms with E-state index in [4.69, 9.17) is 4.99 Å². The Labute approximate surface area is 128 Å². The highest BCUT2D eigenvalue weighted by Gasteiger charge is 2.21. The van der Waals surface area contributed by atoms with Crippen LogP contribution in [0.4, 0.5) is 4.39 Å². The Kier molecular flexibility index (Phi) is 4.25. The summed E-state index contributed by atoms with van der Waals surface area (Å²) in [5, 5.41) is 4.20. The Morgan fingerprint density at radius 1 is 1.14 bits per heavy atom. The zero-order chi connectivity index (χ0) is 14.7. The lowest BCUT2D eigenvalue weighted by Crippen LogP contribution is -2.23. The third kappa shape index (κ3) is 3.27. The first-order valence-corrected chi connectivity index (χ1v) is 7.99. The highest BCUT2D eigenvalue weighted by molar-refractivity contribution is 8.14. The van der Waals surface area contributed by atoms with Crippen LogP contribution >= 0.6 is 11.8 Å². The lowest BCUT2D eigenvalue weighted by molar-refractivity contribution is 0.580. The minimum absolute atomic E-state index is 0.0908. The van der Waals surface area contributed by atoms with Gasteiger partial charge in [-0.1, -0.05) is 60.3 Å². The molecule has 1 heterocycles. The number of amidine groups is 1. The molecule has 2 atom stereocenters. The van der Waals surface area contributed by atoms with E-state index in [0.717, 1.165) is 10.9 Å². The molecule has 4 heteroatoms. The maximum atomic E-state index is 13.8. The van der Waals surface area contributed by atoms with Crippen molar-refractivity contribution in [2.45, 2.75) is 19.0 Å². The first kappa shape index (κ1) is 14.1. The van der Waals surface area contributed by atoms with E-state index >= 15 is 0 Å². The Bertz CT molecular complexity index is 642. The van der Waals surface area contributed by atoms with E-state index < -0.39 is 0 Å². The van der Waals surface area contributed by atoms with Crippen LogP contribution in [0.5, 0.6) is 0 Å². The molecule has 3 rings (SSSR count). The standard InChI is InChI=1S/C17H17FN2S/c1-12(14-9-5-6-10-15(14)18)19-17-20-16(11-21-17)13-7-3-2-4-8-13/h2-10,12,16H,11H2,1H3,(H,19,20). The highest BCUT2D eigenvalue weighted by Crippen LogP contribution is 2.30. The van der Waals surface area contributed by atoms with E-state index in [9.17, 15) is 4.39 Å². The Balaban J connectivity index is 1.70. The van der Waals surface area contributed by atoms with Crippen LogP contribution in [0.2, 0.25) is 0 Å². The predicted molar refractivity (Wildman–Crippen MR) is 87.0 cm³/mol. The van der Waals surface area contributed by atoms with Crippen molar-refractivity contribution < 1.29 is 4.39 Å². The second kappa shape index (κ2) is 6.31. The highest BCUT2D eigenvalue weighted by atomic mass is 32.2. The van der Waals surface area contributed by atoms with Gasteiger partial charge in [-0.2, -0.15) is 0 Å². The summed E-state index contributed by atoms with van der Waals surface area (Å²) in [5.41, 5.74) is 1.89. The van der Waals surface area contributed by atoms with Crippen molar-refractivity contribution in [1.29, 1.82) is 0 Å². The molecule has 0 saturated heterocycles. The quantitative estimate of drug-likeness (QED) is 0.913. The summed E-state index contributed by atoms with van der Waals surface area (Å²) < 4.78 is 13.8. The van der Waals surface area contributed by atoms with Crippen molar-refractivity contribution in [3.05, 3.63) is 71.5 Å². The number of aliphatic imine (C=N–C) groups is 1. The van der Waals surface area contributed by atoms with Crippen LogP contribution < -0.4 is 5.32 Å². The summed E-state index contributed by atoms with van der Waals surface area (Å²) in [4.78, 5) is 4.70. The average Bonchev–Trinajstić information content (AvgIpc) is 2.97. The molecule has 2 nitrogen and oxygen atoms in total. The predicted octanol–water partition coefficient (Wildman–Crippen LogP) is 4.32. The number of hydrogen-bond acceptors (Lipinski definition) is 3. The minimum Gasteiger partial charge on any atom is -0.358 e. The van der Waals surface area contributed by atoms with Crippen molar-refractivity contribution in [3.8, 4) is 0 Å². The van der Waals surface area contributed by atoms with Crippen LogP contribution in [0.25, 0.3) is 0 Å². The van der Waals surface area contributed by atoms with Crippen molar-refractivity contribution >= 4 is 16.9 Å². The first-order chi connectivity index (χ1) is 10.2. The number of nitrogens with one attached hydrogen (secondary N) is 1. The number of hydrogen-bond donors (Lipinski definition) is 1. The molecule has 0 aliphatic carbocycles. The summed E-state index contributed by atoms with van der Waals surface area (Å²) in [6, 6.07) is 17.2. The molecule has 108 valence electrons. The molecule has 1 aliphatic rings.